The van der Waals surface area contributed by atoms with Crippen LogP contribution in [0.25, 0.3) is 32.2 Å². The van der Waals surface area contributed by atoms with Crippen LogP contribution >= 0.6 is 22.9 Å². The largest absolute Gasteiger partial charge is 0.461 e. The highest BCUT2D eigenvalue weighted by atomic mass is 35.5. The number of piperidine rings is 1. The van der Waals surface area contributed by atoms with Crippen LogP contribution in [0, 0.1) is 11.6 Å². The summed E-state index contributed by atoms with van der Waals surface area (Å²) in [6, 6.07) is 5.18. The van der Waals surface area contributed by atoms with E-state index in [4.69, 9.17) is 26.1 Å². The van der Waals surface area contributed by atoms with E-state index in [0.29, 0.717) is 29.9 Å². The molecule has 7 heterocycles. The summed E-state index contributed by atoms with van der Waals surface area (Å²) in [4.78, 5) is 31.1. The molecule has 5 aliphatic heterocycles. The number of benzene rings is 2. The number of ether oxygens (including phenoxy) is 2. The molecule has 9 rings (SSSR count). The Labute approximate surface area is 279 Å². The van der Waals surface area contributed by atoms with Gasteiger partial charge in [-0.25, -0.2) is 18.6 Å². The smallest absolute Gasteiger partial charge is 0.413 e. The SMILES string of the molecule is CC(C)(C)OC(=O)Nc1nc2c(-c3c(Cl)cc4c(N5CC6CC(C5)N6)nc(OCC56CCCN5CCC6)nc4c3F)ccc(F)c2s1. The molecule has 5 aliphatic rings. The van der Waals surface area contributed by atoms with E-state index in [2.05, 4.69) is 30.4 Å². The summed E-state index contributed by atoms with van der Waals surface area (Å²) in [7, 11) is 0. The first-order valence-electron chi connectivity index (χ1n) is 16.1. The van der Waals surface area contributed by atoms with Crippen LogP contribution in [0.1, 0.15) is 52.9 Å². The van der Waals surface area contributed by atoms with Gasteiger partial charge in [-0.2, -0.15) is 9.97 Å². The summed E-state index contributed by atoms with van der Waals surface area (Å²) in [5.74, 6) is -0.645. The van der Waals surface area contributed by atoms with Crippen molar-refractivity contribution in [2.75, 3.05) is 43.0 Å². The molecule has 2 bridgehead atoms. The summed E-state index contributed by atoms with van der Waals surface area (Å²) in [5, 5.41) is 6.81. The number of hydrogen-bond acceptors (Lipinski definition) is 10. The highest BCUT2D eigenvalue weighted by Gasteiger charge is 2.45. The lowest BCUT2D eigenvalue weighted by Gasteiger charge is -2.48. The van der Waals surface area contributed by atoms with E-state index in [-0.39, 0.29) is 48.6 Å². The van der Waals surface area contributed by atoms with Crippen molar-refractivity contribution >= 4 is 61.1 Å². The predicted molar refractivity (Wildman–Crippen MR) is 179 cm³/mol. The number of piperazine rings is 1. The van der Waals surface area contributed by atoms with Crippen LogP contribution < -0.4 is 20.3 Å². The summed E-state index contributed by atoms with van der Waals surface area (Å²) in [6.07, 6.45) is 4.74. The van der Waals surface area contributed by atoms with Gasteiger partial charge in [-0.3, -0.25) is 10.2 Å². The Bertz CT molecular complexity index is 1890. The first-order chi connectivity index (χ1) is 22.5. The van der Waals surface area contributed by atoms with Gasteiger partial charge in [-0.05, 0) is 84.2 Å². The second-order valence-electron chi connectivity index (χ2n) is 14.1. The van der Waals surface area contributed by atoms with Gasteiger partial charge >= 0.3 is 12.1 Å². The Kier molecular flexibility index (Phi) is 7.47. The molecule has 10 nitrogen and oxygen atoms in total. The maximum Gasteiger partial charge on any atom is 0.413 e. The molecule has 2 aromatic heterocycles. The maximum atomic E-state index is 16.9. The maximum absolute atomic E-state index is 16.9. The lowest BCUT2D eigenvalue weighted by molar-refractivity contribution is 0.0636. The topological polar surface area (TPSA) is 105 Å². The molecule has 2 N–H and O–H groups in total. The molecule has 2 aromatic carbocycles. The number of hydrogen-bond donors (Lipinski definition) is 2. The van der Waals surface area contributed by atoms with Crippen LogP contribution in [-0.4, -0.2) is 82.0 Å². The predicted octanol–water partition coefficient (Wildman–Crippen LogP) is 6.74. The zero-order valence-corrected chi connectivity index (χ0v) is 28.0. The van der Waals surface area contributed by atoms with Crippen molar-refractivity contribution < 1.29 is 23.0 Å². The van der Waals surface area contributed by atoms with Crippen LogP contribution in [0.5, 0.6) is 6.01 Å². The zero-order chi connectivity index (χ0) is 32.7. The summed E-state index contributed by atoms with van der Waals surface area (Å²) in [5.41, 5.74) is -0.223. The molecule has 5 saturated heterocycles. The number of fused-ring (bicyclic) bond motifs is 5. The van der Waals surface area contributed by atoms with Crippen molar-refractivity contribution in [2.45, 2.75) is 76.1 Å². The number of aromatic nitrogens is 3. The van der Waals surface area contributed by atoms with Gasteiger partial charge in [0.1, 0.15) is 29.4 Å². The van der Waals surface area contributed by atoms with E-state index in [0.717, 1.165) is 69.6 Å². The molecule has 0 radical (unpaired) electrons. The van der Waals surface area contributed by atoms with E-state index in [9.17, 15) is 4.79 Å². The monoisotopic (exact) mass is 683 g/mol. The zero-order valence-electron chi connectivity index (χ0n) is 26.5. The minimum absolute atomic E-state index is 0.0335. The average molecular weight is 684 g/mol. The average Bonchev–Trinajstić information content (AvgIpc) is 3.71. The number of nitrogens with zero attached hydrogens (tertiary/aromatic N) is 5. The number of rotatable bonds is 6. The molecule has 0 saturated carbocycles. The van der Waals surface area contributed by atoms with Crippen molar-refractivity contribution in [3.8, 4) is 17.1 Å². The Morgan fingerprint density at radius 2 is 1.85 bits per heavy atom. The number of amides is 1. The molecule has 5 fully saturated rings. The van der Waals surface area contributed by atoms with E-state index in [1.807, 2.05) is 0 Å². The minimum Gasteiger partial charge on any atom is -0.461 e. The van der Waals surface area contributed by atoms with Crippen molar-refractivity contribution in [3.05, 3.63) is 34.9 Å². The molecular weight excluding hydrogens is 648 g/mol. The molecule has 0 spiro atoms. The number of carbonyl (C=O) groups excluding carboxylic acids is 1. The Morgan fingerprint density at radius 3 is 2.55 bits per heavy atom. The third-order valence-electron chi connectivity index (χ3n) is 9.72. The highest BCUT2D eigenvalue weighted by molar-refractivity contribution is 7.22. The summed E-state index contributed by atoms with van der Waals surface area (Å²) >= 11 is 7.80. The van der Waals surface area contributed by atoms with Gasteiger partial charge in [0, 0.05) is 41.7 Å². The Balaban J connectivity index is 1.21. The standard InChI is InChI=1S/C33H36ClF2N7O3S/c1-32(2,3)46-31(44)41-30-39-26-19(6-7-22(35)27(26)47-30)23-21(34)13-20-25(24(23)36)38-29(40-28(20)42-14-17-12-18(15-42)37-17)45-16-33-8-4-10-43(33)11-5-9-33/h6-7,13,17-18,37H,4-5,8-12,14-16H2,1-3H3,(H,39,41,44). The van der Waals surface area contributed by atoms with Gasteiger partial charge in [-0.1, -0.05) is 22.9 Å². The van der Waals surface area contributed by atoms with Gasteiger partial charge in [0.25, 0.3) is 0 Å². The van der Waals surface area contributed by atoms with E-state index < -0.39 is 23.3 Å². The third-order valence-corrected chi connectivity index (χ3v) is 11.0. The summed E-state index contributed by atoms with van der Waals surface area (Å²) in [6.45, 7) is 9.23. The molecule has 2 atom stereocenters. The molecular formula is C33H36ClF2N7O3S. The number of halogens is 3. The van der Waals surface area contributed by atoms with Crippen LogP contribution in [-0.2, 0) is 4.74 Å². The number of carbonyl (C=O) groups is 1. The molecule has 248 valence electrons. The van der Waals surface area contributed by atoms with E-state index in [1.54, 1.807) is 26.8 Å². The van der Waals surface area contributed by atoms with Crippen molar-refractivity contribution in [3.63, 3.8) is 0 Å². The molecule has 14 heteroatoms. The van der Waals surface area contributed by atoms with Gasteiger partial charge in [0.05, 0.1) is 20.8 Å². The summed E-state index contributed by atoms with van der Waals surface area (Å²) < 4.78 is 43.8. The Hall–Kier alpha value is -3.39. The molecule has 1 amide bonds. The second-order valence-corrected chi connectivity index (χ2v) is 15.5. The van der Waals surface area contributed by atoms with E-state index in [1.165, 1.54) is 12.1 Å². The minimum atomic E-state index is -0.736. The van der Waals surface area contributed by atoms with Crippen LogP contribution in [0.2, 0.25) is 5.02 Å². The molecule has 4 aromatic rings. The highest BCUT2D eigenvalue weighted by Crippen LogP contribution is 2.44. The first kappa shape index (κ1) is 30.9. The van der Waals surface area contributed by atoms with Gasteiger partial charge in [0.2, 0.25) is 0 Å². The van der Waals surface area contributed by atoms with Gasteiger partial charge in [0.15, 0.2) is 10.9 Å². The fourth-order valence-corrected chi connectivity index (χ4v) is 8.86. The number of nitrogens with one attached hydrogen (secondary N) is 2. The van der Waals surface area contributed by atoms with Crippen molar-refractivity contribution in [2.24, 2.45) is 0 Å². The lowest BCUT2D eigenvalue weighted by atomic mass is 9.91. The number of thiazole rings is 1. The van der Waals surface area contributed by atoms with Crippen LogP contribution in [0.3, 0.4) is 0 Å². The first-order valence-corrected chi connectivity index (χ1v) is 17.3. The van der Waals surface area contributed by atoms with Crippen LogP contribution in [0.4, 0.5) is 24.5 Å². The quantitative estimate of drug-likeness (QED) is 0.229. The molecule has 0 aliphatic carbocycles. The lowest BCUT2D eigenvalue weighted by Crippen LogP contribution is -2.67. The van der Waals surface area contributed by atoms with Crippen LogP contribution in [0.15, 0.2) is 18.2 Å². The third kappa shape index (κ3) is 5.54. The fraction of sp³-hybridized carbons (Fsp3) is 0.515. The Morgan fingerprint density at radius 1 is 1.13 bits per heavy atom. The molecule has 47 heavy (non-hydrogen) atoms. The van der Waals surface area contributed by atoms with Crippen molar-refractivity contribution in [1.82, 2.24) is 25.2 Å². The molecule has 2 unspecified atom stereocenters. The normalized spacial score (nSPS) is 22.0. The van der Waals surface area contributed by atoms with Gasteiger partial charge < -0.3 is 19.7 Å². The van der Waals surface area contributed by atoms with Gasteiger partial charge in [-0.15, -0.1) is 0 Å². The number of anilines is 2. The van der Waals surface area contributed by atoms with E-state index >= 15 is 8.78 Å². The fourth-order valence-electron chi connectivity index (χ4n) is 7.68. The second kappa shape index (κ2) is 11.4. The van der Waals surface area contributed by atoms with Crippen molar-refractivity contribution in [1.29, 1.82) is 0 Å².